The van der Waals surface area contributed by atoms with Crippen molar-refractivity contribution in [3.05, 3.63) is 89.5 Å². The van der Waals surface area contributed by atoms with Crippen molar-refractivity contribution in [2.45, 2.75) is 38.0 Å². The smallest absolute Gasteiger partial charge is 0.258 e. The number of anilines is 2. The average molecular weight is 491 g/mol. The molecule has 0 radical (unpaired) electrons. The molecule has 0 bridgehead atoms. The topological polar surface area (TPSA) is 83.6 Å². The molecule has 182 valence electrons. The van der Waals surface area contributed by atoms with Gasteiger partial charge in [-0.25, -0.2) is 8.42 Å². The normalized spacial score (nSPS) is 13.3. The van der Waals surface area contributed by atoms with Crippen LogP contribution in [0.1, 0.15) is 41.3 Å². The van der Waals surface area contributed by atoms with E-state index in [-0.39, 0.29) is 24.0 Å². The zero-order valence-electron chi connectivity index (χ0n) is 20.0. The minimum absolute atomic E-state index is 0.104. The van der Waals surface area contributed by atoms with Crippen LogP contribution in [0.15, 0.2) is 77.7 Å². The minimum Gasteiger partial charge on any atom is -0.326 e. The zero-order valence-corrected chi connectivity index (χ0v) is 20.8. The maximum atomic E-state index is 13.0. The molecule has 7 heteroatoms. The van der Waals surface area contributed by atoms with E-state index in [4.69, 9.17) is 0 Å². The SMILES string of the molecule is CCN(C(=O)c1ccc(NC(=O)Cc2ccc(S(=O)(=O)CC3CC3)cc2)cc1)c1cccc(C)c1. The van der Waals surface area contributed by atoms with Crippen LogP contribution in [-0.2, 0) is 21.1 Å². The van der Waals surface area contributed by atoms with Crippen molar-refractivity contribution in [2.75, 3.05) is 22.5 Å². The Morgan fingerprint density at radius 1 is 0.971 bits per heavy atom. The standard InChI is InChI=1S/C28H30N2O4S/c1-3-30(25-6-4-5-20(2)17-25)28(32)23-11-13-24(14-12-23)29-27(31)18-21-9-15-26(16-10-21)35(33,34)19-22-7-8-22/h4-6,9-17,22H,3,7-8,18-19H2,1-2H3,(H,29,31). The van der Waals surface area contributed by atoms with Crippen LogP contribution in [0.25, 0.3) is 0 Å². The van der Waals surface area contributed by atoms with Crippen molar-refractivity contribution >= 4 is 33.0 Å². The quantitative estimate of drug-likeness (QED) is 0.456. The molecule has 0 aliphatic heterocycles. The highest BCUT2D eigenvalue weighted by Gasteiger charge is 2.29. The highest BCUT2D eigenvalue weighted by Crippen LogP contribution is 2.32. The summed E-state index contributed by atoms with van der Waals surface area (Å²) in [7, 11) is -3.26. The molecule has 0 saturated heterocycles. The first-order valence-corrected chi connectivity index (χ1v) is 13.5. The lowest BCUT2D eigenvalue weighted by Crippen LogP contribution is -2.30. The first-order chi connectivity index (χ1) is 16.7. The zero-order chi connectivity index (χ0) is 25.0. The number of nitrogens with one attached hydrogen (secondary N) is 1. The summed E-state index contributed by atoms with van der Waals surface area (Å²) in [6.07, 6.45) is 2.09. The molecule has 2 amide bonds. The molecular formula is C28H30N2O4S. The molecule has 1 fully saturated rings. The van der Waals surface area contributed by atoms with Crippen molar-refractivity contribution in [3.63, 3.8) is 0 Å². The van der Waals surface area contributed by atoms with E-state index in [0.717, 1.165) is 29.7 Å². The van der Waals surface area contributed by atoms with Crippen LogP contribution in [0.2, 0.25) is 0 Å². The Balaban J connectivity index is 1.36. The number of rotatable bonds is 9. The second-order valence-corrected chi connectivity index (χ2v) is 11.1. The number of nitrogens with zero attached hydrogens (tertiary/aromatic N) is 1. The second-order valence-electron chi connectivity index (χ2n) is 9.06. The maximum Gasteiger partial charge on any atom is 0.258 e. The van der Waals surface area contributed by atoms with Gasteiger partial charge in [-0.1, -0.05) is 24.3 Å². The van der Waals surface area contributed by atoms with Gasteiger partial charge in [-0.3, -0.25) is 9.59 Å². The Morgan fingerprint density at radius 3 is 2.26 bits per heavy atom. The van der Waals surface area contributed by atoms with Gasteiger partial charge in [-0.15, -0.1) is 0 Å². The van der Waals surface area contributed by atoms with E-state index in [1.165, 1.54) is 0 Å². The number of benzene rings is 3. The van der Waals surface area contributed by atoms with Crippen molar-refractivity contribution < 1.29 is 18.0 Å². The first kappa shape index (κ1) is 24.7. The Hall–Kier alpha value is -3.45. The molecule has 3 aromatic rings. The minimum atomic E-state index is -3.26. The summed E-state index contributed by atoms with van der Waals surface area (Å²) in [5, 5.41) is 2.84. The summed E-state index contributed by atoms with van der Waals surface area (Å²) in [6, 6.07) is 21.2. The van der Waals surface area contributed by atoms with Gasteiger partial charge < -0.3 is 10.2 Å². The summed E-state index contributed by atoms with van der Waals surface area (Å²) in [5.41, 5.74) is 3.79. The van der Waals surface area contributed by atoms with E-state index >= 15 is 0 Å². The molecule has 1 saturated carbocycles. The van der Waals surface area contributed by atoms with E-state index in [0.29, 0.717) is 28.6 Å². The molecule has 1 aliphatic carbocycles. The molecular weight excluding hydrogens is 460 g/mol. The van der Waals surface area contributed by atoms with Crippen molar-refractivity contribution in [2.24, 2.45) is 5.92 Å². The molecule has 35 heavy (non-hydrogen) atoms. The number of amides is 2. The van der Waals surface area contributed by atoms with Crippen molar-refractivity contribution in [1.82, 2.24) is 0 Å². The third-order valence-corrected chi connectivity index (χ3v) is 7.99. The number of hydrogen-bond donors (Lipinski definition) is 1. The van der Waals surface area contributed by atoms with Crippen LogP contribution in [0, 0.1) is 12.8 Å². The third kappa shape index (κ3) is 6.36. The molecule has 4 rings (SSSR count). The van der Waals surface area contributed by atoms with Gasteiger partial charge in [0.2, 0.25) is 5.91 Å². The van der Waals surface area contributed by atoms with Crippen LogP contribution in [0.3, 0.4) is 0 Å². The van der Waals surface area contributed by atoms with E-state index in [2.05, 4.69) is 5.32 Å². The van der Waals surface area contributed by atoms with Gasteiger partial charge in [0.05, 0.1) is 17.1 Å². The molecule has 0 atom stereocenters. The summed E-state index contributed by atoms with van der Waals surface area (Å²) >= 11 is 0. The fourth-order valence-electron chi connectivity index (χ4n) is 3.99. The molecule has 0 spiro atoms. The number of carbonyl (C=O) groups excluding carboxylic acids is 2. The summed E-state index contributed by atoms with van der Waals surface area (Å²) in [5.74, 6) is 0.173. The molecule has 0 aromatic heterocycles. The van der Waals surface area contributed by atoms with E-state index in [1.807, 2.05) is 38.1 Å². The number of sulfone groups is 1. The van der Waals surface area contributed by atoms with Crippen LogP contribution >= 0.6 is 0 Å². The fourth-order valence-corrected chi connectivity index (χ4v) is 5.68. The van der Waals surface area contributed by atoms with Gasteiger partial charge in [0.1, 0.15) is 0 Å². The maximum absolute atomic E-state index is 13.0. The first-order valence-electron chi connectivity index (χ1n) is 11.9. The van der Waals surface area contributed by atoms with Crippen LogP contribution in [-0.4, -0.2) is 32.5 Å². The predicted molar refractivity (Wildman–Crippen MR) is 139 cm³/mol. The van der Waals surface area contributed by atoms with Crippen molar-refractivity contribution in [1.29, 1.82) is 0 Å². The van der Waals surface area contributed by atoms with E-state index in [9.17, 15) is 18.0 Å². The lowest BCUT2D eigenvalue weighted by molar-refractivity contribution is -0.115. The Bertz CT molecular complexity index is 1310. The Kier molecular flexibility index (Phi) is 7.36. The van der Waals surface area contributed by atoms with Gasteiger partial charge in [0.25, 0.3) is 5.91 Å². The van der Waals surface area contributed by atoms with E-state index in [1.54, 1.807) is 53.4 Å². The number of carbonyl (C=O) groups is 2. The number of hydrogen-bond acceptors (Lipinski definition) is 4. The fraction of sp³-hybridized carbons (Fsp3) is 0.286. The van der Waals surface area contributed by atoms with Gasteiger partial charge >= 0.3 is 0 Å². The van der Waals surface area contributed by atoms with Crippen molar-refractivity contribution in [3.8, 4) is 0 Å². The summed E-state index contributed by atoms with van der Waals surface area (Å²) in [6.45, 7) is 4.47. The number of aryl methyl sites for hydroxylation is 1. The third-order valence-electron chi connectivity index (χ3n) is 6.09. The Labute approximate surface area is 206 Å². The molecule has 3 aromatic carbocycles. The molecule has 1 aliphatic rings. The van der Waals surface area contributed by atoms with Gasteiger partial charge in [-0.2, -0.15) is 0 Å². The van der Waals surface area contributed by atoms with Crippen LogP contribution in [0.5, 0.6) is 0 Å². The van der Waals surface area contributed by atoms with Gasteiger partial charge in [0, 0.05) is 23.5 Å². The van der Waals surface area contributed by atoms with Gasteiger partial charge in [-0.05, 0) is 92.3 Å². The predicted octanol–water partition coefficient (Wildman–Crippen LogP) is 5.03. The van der Waals surface area contributed by atoms with Crippen LogP contribution in [0.4, 0.5) is 11.4 Å². The largest absolute Gasteiger partial charge is 0.326 e. The summed E-state index contributed by atoms with van der Waals surface area (Å²) < 4.78 is 24.8. The average Bonchev–Trinajstić information content (AvgIpc) is 3.64. The highest BCUT2D eigenvalue weighted by molar-refractivity contribution is 7.91. The summed E-state index contributed by atoms with van der Waals surface area (Å²) in [4.78, 5) is 27.5. The molecule has 1 N–H and O–H groups in total. The Morgan fingerprint density at radius 2 is 1.66 bits per heavy atom. The van der Waals surface area contributed by atoms with Gasteiger partial charge in [0.15, 0.2) is 9.84 Å². The molecule has 6 nitrogen and oxygen atoms in total. The second kappa shape index (κ2) is 10.4. The molecule has 0 unspecified atom stereocenters. The lowest BCUT2D eigenvalue weighted by Gasteiger charge is -2.21. The lowest BCUT2D eigenvalue weighted by atomic mass is 10.1. The van der Waals surface area contributed by atoms with Crippen LogP contribution < -0.4 is 10.2 Å². The highest BCUT2D eigenvalue weighted by atomic mass is 32.2. The van der Waals surface area contributed by atoms with E-state index < -0.39 is 9.84 Å². The monoisotopic (exact) mass is 490 g/mol. The molecule has 0 heterocycles.